The number of carbonyl (C=O) groups excluding carboxylic acids is 5. The molecule has 0 unspecified atom stereocenters. The second-order valence-corrected chi connectivity index (χ2v) is 11.9. The average Bonchev–Trinajstić information content (AvgIpc) is 2.95. The van der Waals surface area contributed by atoms with Gasteiger partial charge in [-0.2, -0.15) is 0 Å². The van der Waals surface area contributed by atoms with E-state index in [0.29, 0.717) is 25.7 Å². The van der Waals surface area contributed by atoms with Crippen molar-refractivity contribution in [2.24, 2.45) is 45.7 Å². The maximum Gasteiger partial charge on any atom is 0.326 e. The largest absolute Gasteiger partial charge is 0.480 e. The molecule has 0 heterocycles. The first-order valence-corrected chi connectivity index (χ1v) is 15.5. The molecule has 16 heteroatoms. The molecule has 0 saturated heterocycles. The maximum atomic E-state index is 13.6. The van der Waals surface area contributed by atoms with E-state index in [2.05, 4.69) is 26.3 Å². The van der Waals surface area contributed by atoms with Gasteiger partial charge in [0, 0.05) is 13.0 Å². The van der Waals surface area contributed by atoms with Crippen molar-refractivity contribution in [2.75, 3.05) is 6.54 Å². The zero-order valence-corrected chi connectivity index (χ0v) is 27.4. The lowest BCUT2D eigenvalue weighted by molar-refractivity contribution is -0.143. The normalized spacial score (nSPS) is 15.7. The van der Waals surface area contributed by atoms with E-state index in [0.717, 1.165) is 0 Å². The average molecular weight is 642 g/mol. The Labute approximate surface area is 265 Å². The molecule has 0 aromatic heterocycles. The van der Waals surface area contributed by atoms with E-state index in [1.807, 2.05) is 20.8 Å². The van der Waals surface area contributed by atoms with Crippen LogP contribution in [0.3, 0.4) is 0 Å². The van der Waals surface area contributed by atoms with Crippen LogP contribution in [0.25, 0.3) is 0 Å². The van der Waals surface area contributed by atoms with Gasteiger partial charge in [-0.1, -0.05) is 54.4 Å². The summed E-state index contributed by atoms with van der Waals surface area (Å²) in [5.41, 5.74) is 21.9. The Hall–Kier alpha value is -3.95. The van der Waals surface area contributed by atoms with Crippen LogP contribution in [0.2, 0.25) is 0 Å². The number of amides is 5. The highest BCUT2D eigenvalue weighted by atomic mass is 16.4. The third-order valence-electron chi connectivity index (χ3n) is 7.52. The highest BCUT2D eigenvalue weighted by Crippen LogP contribution is 2.14. The van der Waals surface area contributed by atoms with Gasteiger partial charge >= 0.3 is 5.97 Å². The Bertz CT molecular complexity index is 1030. The van der Waals surface area contributed by atoms with Gasteiger partial charge in [-0.25, -0.2) is 4.79 Å². The molecule has 0 fully saturated rings. The molecule has 0 aliphatic rings. The molecular weight excluding hydrogens is 586 g/mol. The number of hydrogen-bond donors (Lipinski definition) is 9. The van der Waals surface area contributed by atoms with Crippen molar-refractivity contribution in [3.63, 3.8) is 0 Å². The van der Waals surface area contributed by atoms with Gasteiger partial charge in [0.1, 0.15) is 24.2 Å². The SMILES string of the molecule is CC[C@H](C)[C@H](NC(=O)[C@H](CCCN=C(N)N)NC(=O)[C@@H](N)CC(C)C)C(=O)N[C@H](C(=O)N[C@@H](CCC(N)=O)C(=O)O)[C@@H](C)CC. The molecule has 5 amide bonds. The highest BCUT2D eigenvalue weighted by Gasteiger charge is 2.35. The zero-order chi connectivity index (χ0) is 34.9. The number of nitrogens with one attached hydrogen (secondary N) is 4. The van der Waals surface area contributed by atoms with Crippen LogP contribution in [0, 0.1) is 17.8 Å². The summed E-state index contributed by atoms with van der Waals surface area (Å²) in [6.45, 7) is 11.1. The van der Waals surface area contributed by atoms with Gasteiger partial charge in [-0.3, -0.25) is 29.0 Å². The Morgan fingerprint density at radius 1 is 0.711 bits per heavy atom. The maximum absolute atomic E-state index is 13.6. The molecule has 13 N–H and O–H groups in total. The number of nitrogens with two attached hydrogens (primary N) is 4. The number of guanidine groups is 1. The van der Waals surface area contributed by atoms with E-state index in [4.69, 9.17) is 22.9 Å². The number of primary amides is 1. The predicted octanol–water partition coefficient (Wildman–Crippen LogP) is -1.21. The minimum atomic E-state index is -1.40. The number of hydrogen-bond acceptors (Lipinski definition) is 8. The molecule has 0 saturated carbocycles. The molecule has 0 aromatic carbocycles. The van der Waals surface area contributed by atoms with Crippen LogP contribution < -0.4 is 44.2 Å². The van der Waals surface area contributed by atoms with Crippen molar-refractivity contribution >= 4 is 41.5 Å². The van der Waals surface area contributed by atoms with Crippen LogP contribution in [0.1, 0.15) is 86.5 Å². The van der Waals surface area contributed by atoms with Crippen molar-refractivity contribution in [2.45, 2.75) is 117 Å². The fourth-order valence-electron chi connectivity index (χ4n) is 4.37. The van der Waals surface area contributed by atoms with Crippen molar-refractivity contribution < 1.29 is 33.9 Å². The molecule has 258 valence electrons. The molecule has 45 heavy (non-hydrogen) atoms. The first-order chi connectivity index (χ1) is 20.9. The van der Waals surface area contributed by atoms with Crippen LogP contribution in [0.5, 0.6) is 0 Å². The van der Waals surface area contributed by atoms with E-state index < -0.39 is 77.6 Å². The third-order valence-corrected chi connectivity index (χ3v) is 7.52. The van der Waals surface area contributed by atoms with Gasteiger partial charge in [0.05, 0.1) is 6.04 Å². The van der Waals surface area contributed by atoms with E-state index in [1.54, 1.807) is 20.8 Å². The van der Waals surface area contributed by atoms with Crippen LogP contribution >= 0.6 is 0 Å². The molecule has 0 rings (SSSR count). The van der Waals surface area contributed by atoms with Crippen molar-refractivity contribution in [1.82, 2.24) is 21.3 Å². The lowest BCUT2D eigenvalue weighted by atomic mass is 9.94. The lowest BCUT2D eigenvalue weighted by Crippen LogP contribution is -2.61. The minimum absolute atomic E-state index is 0.116. The van der Waals surface area contributed by atoms with Gasteiger partial charge in [-0.05, 0) is 43.4 Å². The Morgan fingerprint density at radius 3 is 1.64 bits per heavy atom. The number of rotatable bonds is 22. The molecular formula is C29H55N9O7. The third kappa shape index (κ3) is 16.1. The lowest BCUT2D eigenvalue weighted by Gasteiger charge is -2.30. The Kier molecular flexibility index (Phi) is 19.1. The quantitative estimate of drug-likeness (QED) is 0.0386. The number of nitrogens with zero attached hydrogens (tertiary/aromatic N) is 1. The van der Waals surface area contributed by atoms with Crippen LogP contribution in [0.15, 0.2) is 4.99 Å². The highest BCUT2D eigenvalue weighted by molar-refractivity contribution is 5.95. The fourth-order valence-corrected chi connectivity index (χ4v) is 4.37. The van der Waals surface area contributed by atoms with Crippen LogP contribution in [-0.2, 0) is 28.8 Å². The van der Waals surface area contributed by atoms with E-state index in [1.165, 1.54) is 0 Å². The van der Waals surface area contributed by atoms with Gasteiger partial charge in [-0.15, -0.1) is 0 Å². The summed E-state index contributed by atoms with van der Waals surface area (Å²) in [7, 11) is 0. The van der Waals surface area contributed by atoms with Gasteiger partial charge in [0.2, 0.25) is 29.5 Å². The Morgan fingerprint density at radius 2 is 1.20 bits per heavy atom. The summed E-state index contributed by atoms with van der Waals surface area (Å²) in [6.07, 6.45) is 1.35. The minimum Gasteiger partial charge on any atom is -0.480 e. The predicted molar refractivity (Wildman–Crippen MR) is 170 cm³/mol. The standard InChI is InChI=1S/C29H55N9O7/c1-7-16(5)22(26(42)36-20(28(44)45)11-12-21(31)39)38-27(43)23(17(6)8-2)37-25(41)19(10-9-13-34-29(32)33)35-24(40)18(30)14-15(3)4/h15-20,22-23H,7-14,30H2,1-6H3,(H2,31,39)(H,35,40)(H,36,42)(H,37,41)(H,38,43)(H,44,45)(H4,32,33,34)/t16-,17-,18-,19-,20-,22-,23-/m0/s1. The summed E-state index contributed by atoms with van der Waals surface area (Å²) < 4.78 is 0. The number of carboxylic acid groups (broad SMARTS) is 1. The van der Waals surface area contributed by atoms with Gasteiger partial charge < -0.3 is 49.3 Å². The van der Waals surface area contributed by atoms with Crippen molar-refractivity contribution in [1.29, 1.82) is 0 Å². The second kappa shape index (κ2) is 20.9. The summed E-state index contributed by atoms with van der Waals surface area (Å²) in [6, 6.07) is -5.55. The summed E-state index contributed by atoms with van der Waals surface area (Å²) in [4.78, 5) is 79.9. The topological polar surface area (TPSA) is 287 Å². The molecule has 0 bridgehead atoms. The second-order valence-electron chi connectivity index (χ2n) is 11.9. The number of aliphatic imine (C=N–C) groups is 1. The smallest absolute Gasteiger partial charge is 0.326 e. The van der Waals surface area contributed by atoms with E-state index >= 15 is 0 Å². The number of carbonyl (C=O) groups is 6. The van der Waals surface area contributed by atoms with Crippen molar-refractivity contribution in [3.05, 3.63) is 0 Å². The molecule has 0 aliphatic heterocycles. The summed E-state index contributed by atoms with van der Waals surface area (Å²) >= 11 is 0. The van der Waals surface area contributed by atoms with Crippen molar-refractivity contribution in [3.8, 4) is 0 Å². The Balaban J connectivity index is 6.04. The van der Waals surface area contributed by atoms with Gasteiger partial charge in [0.25, 0.3) is 0 Å². The number of carboxylic acids is 1. The fraction of sp³-hybridized carbons (Fsp3) is 0.759. The monoisotopic (exact) mass is 641 g/mol. The first kappa shape index (κ1) is 41.0. The first-order valence-electron chi connectivity index (χ1n) is 15.5. The van der Waals surface area contributed by atoms with E-state index in [9.17, 15) is 33.9 Å². The molecule has 0 radical (unpaired) electrons. The van der Waals surface area contributed by atoms with E-state index in [-0.39, 0.29) is 37.7 Å². The summed E-state index contributed by atoms with van der Waals surface area (Å²) in [5.74, 6) is -5.43. The molecule has 7 atom stereocenters. The molecule has 0 aliphatic carbocycles. The zero-order valence-electron chi connectivity index (χ0n) is 27.4. The molecule has 16 nitrogen and oxygen atoms in total. The van der Waals surface area contributed by atoms with Gasteiger partial charge in [0.15, 0.2) is 5.96 Å². The molecule has 0 aromatic rings. The van der Waals surface area contributed by atoms with Crippen LogP contribution in [0.4, 0.5) is 0 Å². The molecule has 0 spiro atoms. The van der Waals surface area contributed by atoms with Crippen LogP contribution in [-0.4, -0.2) is 83.3 Å². The summed E-state index contributed by atoms with van der Waals surface area (Å²) in [5, 5.41) is 20.0. The number of aliphatic carboxylic acids is 1.